The Labute approximate surface area is 141 Å². The monoisotopic (exact) mass is 314 g/mol. The van der Waals surface area contributed by atoms with Gasteiger partial charge in [0.1, 0.15) is 0 Å². The molecule has 0 aliphatic heterocycles. The molecule has 0 spiro atoms. The van der Waals surface area contributed by atoms with Gasteiger partial charge >= 0.3 is 0 Å². The van der Waals surface area contributed by atoms with Gasteiger partial charge in [-0.2, -0.15) is 0 Å². The van der Waals surface area contributed by atoms with Crippen LogP contribution < -0.4 is 4.90 Å². The highest BCUT2D eigenvalue weighted by Gasteiger charge is 2.19. The highest BCUT2D eigenvalue weighted by molar-refractivity contribution is 6.49. The van der Waals surface area contributed by atoms with Crippen molar-refractivity contribution in [1.82, 2.24) is 0 Å². The number of carbonyl (C=O) groups excluding carboxylic acids is 1. The second-order valence-electron chi connectivity index (χ2n) is 5.36. The van der Waals surface area contributed by atoms with Gasteiger partial charge < -0.3 is 4.90 Å². The number of Topliss-reactive ketones (excluding diaryl/α,β-unsaturated/α-hetero) is 1. The first-order valence-corrected chi connectivity index (χ1v) is 7.78. The molecular formula is C21H18N2O. The summed E-state index contributed by atoms with van der Waals surface area (Å²) >= 11 is 0. The number of amidine groups is 1. The van der Waals surface area contributed by atoms with Crippen molar-refractivity contribution < 1.29 is 4.79 Å². The molecular weight excluding hydrogens is 296 g/mol. The fraction of sp³-hybridized carbons (Fsp3) is 0.0476. The molecule has 3 aromatic rings. The third-order valence-corrected chi connectivity index (χ3v) is 3.69. The Balaban J connectivity index is 2.04. The highest BCUT2D eigenvalue weighted by atomic mass is 16.1. The fourth-order valence-corrected chi connectivity index (χ4v) is 2.40. The van der Waals surface area contributed by atoms with Crippen molar-refractivity contribution in [1.29, 1.82) is 0 Å². The molecule has 0 unspecified atom stereocenters. The lowest BCUT2D eigenvalue weighted by Crippen LogP contribution is -2.33. The number of carbonyl (C=O) groups is 1. The predicted octanol–water partition coefficient (Wildman–Crippen LogP) is 4.74. The third-order valence-electron chi connectivity index (χ3n) is 3.69. The summed E-state index contributed by atoms with van der Waals surface area (Å²) in [5.41, 5.74) is 2.28. The van der Waals surface area contributed by atoms with Gasteiger partial charge in [-0.3, -0.25) is 4.79 Å². The maximum atomic E-state index is 13.0. The zero-order valence-corrected chi connectivity index (χ0v) is 13.5. The minimum absolute atomic E-state index is 0.106. The van der Waals surface area contributed by atoms with Crippen LogP contribution in [0.4, 0.5) is 11.4 Å². The molecule has 0 aromatic heterocycles. The van der Waals surface area contributed by atoms with Crippen LogP contribution in [0.3, 0.4) is 0 Å². The predicted molar refractivity (Wildman–Crippen MR) is 99.2 cm³/mol. The SMILES string of the molecule is CN(C(=Nc1ccccc1)C(=O)c1ccccc1)c1ccccc1. The van der Waals surface area contributed by atoms with E-state index in [0.29, 0.717) is 11.4 Å². The number of hydrogen-bond acceptors (Lipinski definition) is 2. The Bertz CT molecular complexity index is 827. The molecule has 3 nitrogen and oxygen atoms in total. The van der Waals surface area contributed by atoms with Gasteiger partial charge in [-0.1, -0.05) is 66.7 Å². The number of likely N-dealkylation sites (N-methyl/N-ethyl adjacent to an activating group) is 1. The number of anilines is 1. The van der Waals surface area contributed by atoms with Crippen molar-refractivity contribution in [2.75, 3.05) is 11.9 Å². The first kappa shape index (κ1) is 15.7. The van der Waals surface area contributed by atoms with E-state index in [2.05, 4.69) is 4.99 Å². The van der Waals surface area contributed by atoms with Gasteiger partial charge in [-0.05, 0) is 24.3 Å². The van der Waals surface area contributed by atoms with Crippen LogP contribution in [0.5, 0.6) is 0 Å². The van der Waals surface area contributed by atoms with Crippen LogP contribution in [-0.4, -0.2) is 18.7 Å². The van der Waals surface area contributed by atoms with Crippen molar-refractivity contribution in [3.63, 3.8) is 0 Å². The quantitative estimate of drug-likeness (QED) is 0.396. The number of hydrogen-bond donors (Lipinski definition) is 0. The lowest BCUT2D eigenvalue weighted by Gasteiger charge is -2.20. The van der Waals surface area contributed by atoms with Crippen LogP contribution in [0, 0.1) is 0 Å². The smallest absolute Gasteiger partial charge is 0.228 e. The number of para-hydroxylation sites is 2. The van der Waals surface area contributed by atoms with Crippen LogP contribution in [0.25, 0.3) is 0 Å². The Morgan fingerprint density at radius 1 is 0.750 bits per heavy atom. The summed E-state index contributed by atoms with van der Waals surface area (Å²) in [6, 6.07) is 28.5. The van der Waals surface area contributed by atoms with Crippen molar-refractivity contribution in [3.05, 3.63) is 96.6 Å². The summed E-state index contributed by atoms with van der Waals surface area (Å²) < 4.78 is 0. The number of rotatable bonds is 4. The molecule has 3 heteroatoms. The molecule has 0 atom stereocenters. The Kier molecular flexibility index (Phi) is 4.82. The molecule has 0 saturated heterocycles. The van der Waals surface area contributed by atoms with E-state index < -0.39 is 0 Å². The Morgan fingerprint density at radius 3 is 1.83 bits per heavy atom. The average Bonchev–Trinajstić information content (AvgIpc) is 2.67. The van der Waals surface area contributed by atoms with E-state index in [-0.39, 0.29) is 5.78 Å². The number of nitrogens with zero attached hydrogens (tertiary/aromatic N) is 2. The van der Waals surface area contributed by atoms with E-state index in [1.54, 1.807) is 0 Å². The molecule has 0 bridgehead atoms. The van der Waals surface area contributed by atoms with E-state index in [9.17, 15) is 4.79 Å². The van der Waals surface area contributed by atoms with Gasteiger partial charge in [0.25, 0.3) is 0 Å². The van der Waals surface area contributed by atoms with E-state index >= 15 is 0 Å². The van der Waals surface area contributed by atoms with Gasteiger partial charge in [0, 0.05) is 18.3 Å². The number of ketones is 1. The largest absolute Gasteiger partial charge is 0.326 e. The van der Waals surface area contributed by atoms with Crippen molar-refractivity contribution in [3.8, 4) is 0 Å². The van der Waals surface area contributed by atoms with Crippen molar-refractivity contribution >= 4 is 23.0 Å². The first-order chi connectivity index (χ1) is 11.8. The summed E-state index contributed by atoms with van der Waals surface area (Å²) in [6.07, 6.45) is 0. The molecule has 118 valence electrons. The average molecular weight is 314 g/mol. The molecule has 0 heterocycles. The Hall–Kier alpha value is -3.20. The molecule has 0 aliphatic carbocycles. The molecule has 0 aliphatic rings. The fourth-order valence-electron chi connectivity index (χ4n) is 2.40. The standard InChI is InChI=1S/C21H18N2O/c1-23(19-15-9-4-10-16-19)21(22-18-13-7-3-8-14-18)20(24)17-11-5-2-6-12-17/h2-16H,1H3. The lowest BCUT2D eigenvalue weighted by atomic mass is 10.1. The van der Waals surface area contributed by atoms with Gasteiger partial charge in [0.05, 0.1) is 5.69 Å². The third kappa shape index (κ3) is 3.58. The second kappa shape index (κ2) is 7.38. The lowest BCUT2D eigenvalue weighted by molar-refractivity contribution is 0.106. The number of benzene rings is 3. The second-order valence-corrected chi connectivity index (χ2v) is 5.36. The van der Waals surface area contributed by atoms with E-state index in [4.69, 9.17) is 0 Å². The summed E-state index contributed by atoms with van der Waals surface area (Å²) in [7, 11) is 1.86. The van der Waals surface area contributed by atoms with Crippen LogP contribution in [-0.2, 0) is 0 Å². The molecule has 24 heavy (non-hydrogen) atoms. The summed E-state index contributed by atoms with van der Waals surface area (Å²) in [4.78, 5) is 19.4. The molecule has 0 N–H and O–H groups in total. The topological polar surface area (TPSA) is 32.7 Å². The van der Waals surface area contributed by atoms with Crippen molar-refractivity contribution in [2.24, 2.45) is 4.99 Å². The summed E-state index contributed by atoms with van der Waals surface area (Å²) in [6.45, 7) is 0. The summed E-state index contributed by atoms with van der Waals surface area (Å²) in [5, 5.41) is 0. The first-order valence-electron chi connectivity index (χ1n) is 7.78. The van der Waals surface area contributed by atoms with Gasteiger partial charge in [0.2, 0.25) is 5.78 Å². The minimum atomic E-state index is -0.106. The van der Waals surface area contributed by atoms with E-state index in [1.165, 1.54) is 0 Å². The molecule has 3 aromatic carbocycles. The molecule has 0 saturated carbocycles. The van der Waals surface area contributed by atoms with Crippen LogP contribution in [0.1, 0.15) is 10.4 Å². The van der Waals surface area contributed by atoms with Gasteiger partial charge in [-0.15, -0.1) is 0 Å². The van der Waals surface area contributed by atoms with Gasteiger partial charge in [0.15, 0.2) is 5.84 Å². The number of aliphatic imine (C=N–C) groups is 1. The van der Waals surface area contributed by atoms with Crippen LogP contribution >= 0.6 is 0 Å². The van der Waals surface area contributed by atoms with E-state index in [0.717, 1.165) is 11.4 Å². The summed E-state index contributed by atoms with van der Waals surface area (Å²) in [5.74, 6) is 0.282. The Morgan fingerprint density at radius 2 is 1.25 bits per heavy atom. The zero-order chi connectivity index (χ0) is 16.8. The molecule has 0 fully saturated rings. The van der Waals surface area contributed by atoms with Gasteiger partial charge in [-0.25, -0.2) is 4.99 Å². The maximum absolute atomic E-state index is 13.0. The molecule has 0 radical (unpaired) electrons. The maximum Gasteiger partial charge on any atom is 0.228 e. The van der Waals surface area contributed by atoms with Crippen LogP contribution in [0.2, 0.25) is 0 Å². The van der Waals surface area contributed by atoms with Crippen LogP contribution in [0.15, 0.2) is 96.0 Å². The zero-order valence-electron chi connectivity index (χ0n) is 13.5. The molecule has 0 amide bonds. The highest BCUT2D eigenvalue weighted by Crippen LogP contribution is 2.18. The van der Waals surface area contributed by atoms with E-state index in [1.807, 2.05) is 103 Å². The normalized spacial score (nSPS) is 11.1. The van der Waals surface area contributed by atoms with Crippen molar-refractivity contribution in [2.45, 2.75) is 0 Å². The minimum Gasteiger partial charge on any atom is -0.326 e. The molecule has 3 rings (SSSR count).